The molecule has 1 saturated carbocycles. The molecule has 2 bridgehead atoms. The summed E-state index contributed by atoms with van der Waals surface area (Å²) in [5, 5.41) is 36.7. The molecule has 11 heteroatoms. The van der Waals surface area contributed by atoms with Crippen LogP contribution in [0.5, 0.6) is 17.2 Å². The van der Waals surface area contributed by atoms with E-state index in [1.54, 1.807) is 12.1 Å². The number of halogens is 1. The van der Waals surface area contributed by atoms with E-state index in [0.717, 1.165) is 73.4 Å². The van der Waals surface area contributed by atoms with Crippen LogP contribution in [0.3, 0.4) is 0 Å². The monoisotopic (exact) mass is 777 g/mol. The van der Waals surface area contributed by atoms with Gasteiger partial charge in [0.05, 0.1) is 31.3 Å². The molecule has 4 heterocycles. The number of ether oxygens (including phenoxy) is 3. The number of piperidine rings is 3. The number of hydrogen-bond donors (Lipinski definition) is 5. The summed E-state index contributed by atoms with van der Waals surface area (Å²) in [5.41, 5.74) is 0.684. The molecule has 3 aliphatic heterocycles. The minimum Gasteiger partial charge on any atom is -1.00 e. The number of nitrogens with zero attached hydrogens (tertiary/aromatic N) is 1. The van der Waals surface area contributed by atoms with E-state index >= 15 is 0 Å². The van der Waals surface area contributed by atoms with Gasteiger partial charge in [-0.2, -0.15) is 0 Å². The molecule has 3 saturated heterocycles. The fourth-order valence-corrected chi connectivity index (χ4v) is 8.65. The van der Waals surface area contributed by atoms with Crippen molar-refractivity contribution in [3.05, 3.63) is 100 Å². The van der Waals surface area contributed by atoms with E-state index in [9.17, 15) is 20.1 Å². The lowest BCUT2D eigenvalue weighted by Crippen LogP contribution is -3.00. The van der Waals surface area contributed by atoms with Crippen molar-refractivity contribution in [3.8, 4) is 17.2 Å². The van der Waals surface area contributed by atoms with Gasteiger partial charge in [0.1, 0.15) is 55.3 Å². The Morgan fingerprint density at radius 1 is 0.885 bits per heavy atom. The number of hydrogen-bond acceptors (Lipinski definition) is 8. The number of fused-ring (bicyclic) bond motifs is 4. The minimum atomic E-state index is -0.929. The summed E-state index contributed by atoms with van der Waals surface area (Å²) in [5.74, 6) is 2.34. The van der Waals surface area contributed by atoms with Gasteiger partial charge in [0.15, 0.2) is 0 Å². The molecule has 5 N–H and O–H groups in total. The van der Waals surface area contributed by atoms with Crippen LogP contribution >= 0.6 is 0 Å². The lowest BCUT2D eigenvalue weighted by atomic mass is 9.80. The van der Waals surface area contributed by atoms with Crippen molar-refractivity contribution in [2.75, 3.05) is 59.1 Å². The van der Waals surface area contributed by atoms with Crippen LogP contribution in [-0.2, 0) is 10.3 Å². The Balaban J connectivity index is 0.00000464. The SMILES string of the molecule is O=c1ccc2c([C@@H](O)CNCCOc3ccc(OCC[N+]45CCC(CC4)[C@@H](OC[C@@](O)(c4ccccc4)C4CCCC4)C5)cc3)ccc(O)c2[nH]1.[Br-]. The van der Waals surface area contributed by atoms with Crippen LogP contribution in [0.1, 0.15) is 55.8 Å². The molecule has 0 unspecified atom stereocenters. The number of aromatic nitrogens is 1. The summed E-state index contributed by atoms with van der Waals surface area (Å²) in [4.78, 5) is 14.3. The fraction of sp³-hybridized carbons (Fsp3) is 0.488. The Labute approximate surface area is 316 Å². The van der Waals surface area contributed by atoms with Gasteiger partial charge in [0, 0.05) is 43.3 Å². The maximum absolute atomic E-state index is 12.0. The maximum atomic E-state index is 12.0. The molecule has 8 rings (SSSR count). The summed E-state index contributed by atoms with van der Waals surface area (Å²) >= 11 is 0. The molecule has 4 fully saturated rings. The number of aliphatic hydroxyl groups excluding tert-OH is 1. The number of pyridine rings is 1. The third kappa shape index (κ3) is 8.67. The third-order valence-electron chi connectivity index (χ3n) is 11.7. The molecular formula is C41H52BrN3O7. The topological polar surface area (TPSA) is 133 Å². The van der Waals surface area contributed by atoms with E-state index in [1.807, 2.05) is 42.5 Å². The van der Waals surface area contributed by atoms with E-state index < -0.39 is 11.7 Å². The predicted octanol–water partition coefficient (Wildman–Crippen LogP) is 2.02. The number of H-pyrrole nitrogens is 1. The highest BCUT2D eigenvalue weighted by Gasteiger charge is 2.48. The van der Waals surface area contributed by atoms with Crippen LogP contribution in [0.25, 0.3) is 10.9 Å². The number of phenols is 1. The summed E-state index contributed by atoms with van der Waals surface area (Å²) in [6.45, 7) is 6.47. The van der Waals surface area contributed by atoms with Gasteiger partial charge in [-0.1, -0.05) is 49.2 Å². The lowest BCUT2D eigenvalue weighted by molar-refractivity contribution is -0.946. The van der Waals surface area contributed by atoms with Crippen molar-refractivity contribution in [2.45, 2.75) is 56.3 Å². The van der Waals surface area contributed by atoms with Gasteiger partial charge in [-0.05, 0) is 66.3 Å². The average molecular weight is 779 g/mol. The summed E-state index contributed by atoms with van der Waals surface area (Å²) in [7, 11) is 0. The van der Waals surface area contributed by atoms with Crippen LogP contribution in [0.4, 0.5) is 0 Å². The first-order valence-corrected chi connectivity index (χ1v) is 18.7. The van der Waals surface area contributed by atoms with E-state index in [-0.39, 0.29) is 40.3 Å². The molecule has 4 aliphatic rings. The van der Waals surface area contributed by atoms with Gasteiger partial charge in [0.25, 0.3) is 0 Å². The van der Waals surface area contributed by atoms with Gasteiger partial charge in [0.2, 0.25) is 5.56 Å². The minimum absolute atomic E-state index is 0. The standard InChI is InChI=1S/C41H51N3O7.BrH/c45-36-16-14-34(35-15-17-39(47)43-40(35)36)37(46)26-42-20-24-49-32-10-12-33(13-11-32)50-25-23-44-21-18-29(19-22-44)38(27-44)51-28-41(48,31-8-4-5-9-31)30-6-2-1-3-7-30;/h1-3,6-7,10-17,29,31,37-38,42,46,48H,4-5,8-9,18-28H2,(H-,43,45,47);1H/t29?,37-,38-,41+,44?;/m0./s1. The highest BCUT2D eigenvalue weighted by Crippen LogP contribution is 2.42. The summed E-state index contributed by atoms with van der Waals surface area (Å²) in [6.07, 6.45) is 6.14. The Bertz CT molecular complexity index is 1790. The van der Waals surface area contributed by atoms with E-state index in [0.29, 0.717) is 55.3 Å². The highest BCUT2D eigenvalue weighted by molar-refractivity contribution is 5.87. The number of aliphatic hydroxyl groups is 2. The van der Waals surface area contributed by atoms with E-state index in [1.165, 1.54) is 25.0 Å². The molecule has 52 heavy (non-hydrogen) atoms. The van der Waals surface area contributed by atoms with Crippen molar-refractivity contribution >= 4 is 10.9 Å². The number of nitrogens with one attached hydrogen (secondary N) is 2. The fourth-order valence-electron chi connectivity index (χ4n) is 8.65. The molecule has 0 radical (unpaired) electrons. The zero-order valence-electron chi connectivity index (χ0n) is 29.7. The second-order valence-electron chi connectivity index (χ2n) is 14.8. The normalized spacial score (nSPS) is 23.2. The first-order valence-electron chi connectivity index (χ1n) is 18.7. The zero-order valence-corrected chi connectivity index (χ0v) is 31.3. The summed E-state index contributed by atoms with van der Waals surface area (Å²) < 4.78 is 19.8. The van der Waals surface area contributed by atoms with E-state index in [4.69, 9.17) is 14.2 Å². The van der Waals surface area contributed by atoms with E-state index in [2.05, 4.69) is 22.4 Å². The van der Waals surface area contributed by atoms with Crippen LogP contribution in [0.2, 0.25) is 0 Å². The smallest absolute Gasteiger partial charge is 0.248 e. The van der Waals surface area contributed by atoms with Crippen LogP contribution in [0, 0.1) is 11.8 Å². The van der Waals surface area contributed by atoms with Gasteiger partial charge < -0.3 is 61.3 Å². The number of aromatic amines is 1. The van der Waals surface area contributed by atoms with Gasteiger partial charge in [-0.3, -0.25) is 4.79 Å². The van der Waals surface area contributed by atoms with Gasteiger partial charge in [-0.15, -0.1) is 0 Å². The molecule has 3 aromatic carbocycles. The average Bonchev–Trinajstić information content (AvgIpc) is 3.72. The Morgan fingerprint density at radius 2 is 1.58 bits per heavy atom. The number of phenolic OH excluding ortho intramolecular Hbond substituents is 1. The van der Waals surface area contributed by atoms with Gasteiger partial charge in [-0.25, -0.2) is 0 Å². The second kappa shape index (κ2) is 17.1. The predicted molar refractivity (Wildman–Crippen MR) is 196 cm³/mol. The summed E-state index contributed by atoms with van der Waals surface area (Å²) in [6, 6.07) is 24.0. The van der Waals surface area contributed by atoms with Crippen molar-refractivity contribution in [1.29, 1.82) is 0 Å². The molecule has 1 aliphatic carbocycles. The van der Waals surface area contributed by atoms with Crippen LogP contribution in [-0.4, -0.2) is 90.0 Å². The van der Waals surface area contributed by atoms with Crippen LogP contribution < -0.4 is 37.3 Å². The van der Waals surface area contributed by atoms with Crippen molar-refractivity contribution in [2.24, 2.45) is 11.8 Å². The maximum Gasteiger partial charge on any atom is 0.248 e. The molecule has 4 aromatic rings. The molecule has 3 atom stereocenters. The number of rotatable bonds is 16. The Morgan fingerprint density at radius 3 is 2.29 bits per heavy atom. The number of aromatic hydroxyl groups is 1. The molecule has 280 valence electrons. The molecule has 0 spiro atoms. The first-order chi connectivity index (χ1) is 24.8. The lowest BCUT2D eigenvalue weighted by Gasteiger charge is -2.52. The molecule has 0 amide bonds. The molecular weight excluding hydrogens is 726 g/mol. The zero-order chi connectivity index (χ0) is 35.3. The number of benzene rings is 3. The largest absolute Gasteiger partial charge is 1.00 e. The second-order valence-corrected chi connectivity index (χ2v) is 14.8. The van der Waals surface area contributed by atoms with Gasteiger partial charge >= 0.3 is 0 Å². The van der Waals surface area contributed by atoms with Crippen LogP contribution in [0.15, 0.2) is 83.7 Å². The van der Waals surface area contributed by atoms with Crippen molar-refractivity contribution < 1.29 is 51.0 Å². The third-order valence-corrected chi connectivity index (χ3v) is 11.7. The number of quaternary nitrogens is 1. The molecule has 1 aromatic heterocycles. The Hall–Kier alpha value is -3.45. The first kappa shape index (κ1) is 38.3. The molecule has 10 nitrogen and oxygen atoms in total. The Kier molecular flexibility index (Phi) is 12.6. The van der Waals surface area contributed by atoms with Crippen molar-refractivity contribution in [3.63, 3.8) is 0 Å². The van der Waals surface area contributed by atoms with Crippen molar-refractivity contribution in [1.82, 2.24) is 10.3 Å². The highest BCUT2D eigenvalue weighted by atomic mass is 79.9. The quantitative estimate of drug-likeness (QED) is 0.0864.